The van der Waals surface area contributed by atoms with Crippen LogP contribution in [-0.4, -0.2) is 16.1 Å². The first kappa shape index (κ1) is 7.81. The summed E-state index contributed by atoms with van der Waals surface area (Å²) in [5.41, 5.74) is 0. The largest absolute Gasteiger partial charge is 0.291 e. The van der Waals surface area contributed by atoms with Gasteiger partial charge in [0.25, 0.3) is 0 Å². The number of thiol groups is 1. The Labute approximate surface area is 57.3 Å². The van der Waals surface area contributed by atoms with Crippen molar-refractivity contribution >= 4 is 36.8 Å². The highest BCUT2D eigenvalue weighted by Crippen LogP contribution is 1.79. The minimum atomic E-state index is -1.80. The van der Waals surface area contributed by atoms with Gasteiger partial charge in [-0.15, -0.1) is 0 Å². The topological polar surface area (TPSA) is 26.3 Å². The summed E-state index contributed by atoms with van der Waals surface area (Å²) in [5.74, 6) is 0. The van der Waals surface area contributed by atoms with Crippen molar-refractivity contribution in [2.24, 2.45) is 0 Å². The van der Waals surface area contributed by atoms with Gasteiger partial charge in [-0.05, 0) is 0 Å². The second-order valence-electron chi connectivity index (χ2n) is 0.746. The maximum Gasteiger partial charge on any atom is 0.133 e. The summed E-state index contributed by atoms with van der Waals surface area (Å²) < 4.78 is 14.4. The van der Waals surface area contributed by atoms with E-state index < -0.39 is 9.64 Å². The Hall–Kier alpha value is 0.810. The lowest BCUT2D eigenvalue weighted by molar-refractivity contribution is 0.388. The molecule has 1 unspecified atom stereocenters. The normalized spacial score (nSPS) is 13.9. The predicted octanol–water partition coefficient (Wildman–Crippen LogP) is 0.256. The first-order chi connectivity index (χ1) is 3.27. The van der Waals surface area contributed by atoms with Gasteiger partial charge in [0.1, 0.15) is 9.64 Å². The molecule has 0 aliphatic heterocycles. The average molecular weight is 205 g/mol. The number of halogens is 1. The van der Waals surface area contributed by atoms with Crippen LogP contribution in [0.4, 0.5) is 0 Å². The van der Waals surface area contributed by atoms with Crippen LogP contribution in [0.3, 0.4) is 0 Å². The van der Waals surface area contributed by atoms with Crippen LogP contribution in [0.25, 0.3) is 0 Å². The fraction of sp³-hybridized carbons (Fsp3) is 1.00. The first-order valence-electron chi connectivity index (χ1n) is 1.60. The van der Waals surface area contributed by atoms with Crippen molar-refractivity contribution in [3.8, 4) is 0 Å². The van der Waals surface area contributed by atoms with E-state index in [0.29, 0.717) is 11.9 Å². The molecule has 7 heavy (non-hydrogen) atoms. The van der Waals surface area contributed by atoms with Crippen molar-refractivity contribution in [2.75, 3.05) is 11.9 Å². The Morgan fingerprint density at radius 1 is 1.86 bits per heavy atom. The molecule has 0 radical (unpaired) electrons. The maximum absolute atomic E-state index is 9.92. The third-order valence-electron chi connectivity index (χ3n) is 0.274. The van der Waals surface area contributed by atoms with Gasteiger partial charge < -0.3 is 0 Å². The summed E-state index contributed by atoms with van der Waals surface area (Å²) in [7, 11) is -1.80. The lowest BCUT2D eigenvalue weighted by Crippen LogP contribution is -1.90. The minimum absolute atomic E-state index is 0.429. The van der Waals surface area contributed by atoms with E-state index in [1.54, 1.807) is 0 Å². The van der Waals surface area contributed by atoms with E-state index >= 15 is 0 Å². The zero-order valence-corrected chi connectivity index (χ0v) is 6.76. The predicted molar refractivity (Wildman–Crippen MR) is 36.6 cm³/mol. The van der Waals surface area contributed by atoms with Crippen molar-refractivity contribution < 1.29 is 8.39 Å². The van der Waals surface area contributed by atoms with Crippen molar-refractivity contribution in [3.63, 3.8) is 0 Å². The molecule has 0 spiro atoms. The molecule has 2 nitrogen and oxygen atoms in total. The van der Waals surface area contributed by atoms with E-state index in [4.69, 9.17) is 0 Å². The van der Waals surface area contributed by atoms with Crippen LogP contribution < -0.4 is 0 Å². The molecule has 0 aromatic carbocycles. The molecule has 0 N–H and O–H groups in total. The van der Waals surface area contributed by atoms with Crippen molar-refractivity contribution in [1.29, 1.82) is 0 Å². The molecule has 0 bridgehead atoms. The van der Waals surface area contributed by atoms with Crippen LogP contribution in [0.5, 0.6) is 0 Å². The van der Waals surface area contributed by atoms with E-state index in [9.17, 15) is 4.21 Å². The molecule has 44 valence electrons. The molecule has 0 aliphatic rings. The van der Waals surface area contributed by atoms with Gasteiger partial charge in [-0.1, -0.05) is 15.9 Å². The minimum Gasteiger partial charge on any atom is -0.291 e. The highest BCUT2D eigenvalue weighted by molar-refractivity contribution is 9.09. The summed E-state index contributed by atoms with van der Waals surface area (Å²) in [6, 6.07) is 0. The lowest BCUT2D eigenvalue weighted by atomic mass is 10.9. The smallest absolute Gasteiger partial charge is 0.133 e. The highest BCUT2D eigenvalue weighted by Gasteiger charge is 1.77. The van der Waals surface area contributed by atoms with E-state index in [1.807, 2.05) is 0 Å². The zero-order valence-electron chi connectivity index (χ0n) is 3.46. The Morgan fingerprint density at radius 2 is 2.43 bits per heavy atom. The molecule has 5 heteroatoms. The Balaban J connectivity index is 2.98. The van der Waals surface area contributed by atoms with Crippen LogP contribution in [-0.2, 0) is 25.0 Å². The van der Waals surface area contributed by atoms with Crippen LogP contribution in [0, 0.1) is 0 Å². The van der Waals surface area contributed by atoms with E-state index in [0.717, 1.165) is 0 Å². The van der Waals surface area contributed by atoms with Gasteiger partial charge in [0.15, 0.2) is 0 Å². The van der Waals surface area contributed by atoms with E-state index in [-0.39, 0.29) is 0 Å². The summed E-state index contributed by atoms with van der Waals surface area (Å²) in [6.07, 6.45) is 0. The monoisotopic (exact) mass is 204 g/mol. The summed E-state index contributed by atoms with van der Waals surface area (Å²) >= 11 is 7.29. The fourth-order valence-electron chi connectivity index (χ4n) is 0.109. The van der Waals surface area contributed by atoms with Gasteiger partial charge in [0, 0.05) is 16.5 Å². The van der Waals surface area contributed by atoms with Gasteiger partial charge >= 0.3 is 0 Å². The molecule has 0 saturated heterocycles. The quantitative estimate of drug-likeness (QED) is 0.528. The molecular weight excluding hydrogens is 200 g/mol. The average Bonchev–Trinajstić information content (AvgIpc) is 1.61. The SMILES string of the molecule is O=[SH](=S)OCCBr. The maximum atomic E-state index is 9.92. The van der Waals surface area contributed by atoms with Crippen molar-refractivity contribution in [2.45, 2.75) is 0 Å². The second kappa shape index (κ2) is 4.96. The van der Waals surface area contributed by atoms with Gasteiger partial charge in [0.2, 0.25) is 0 Å². The molecule has 0 saturated carbocycles. The molecule has 0 rings (SSSR count). The van der Waals surface area contributed by atoms with Crippen LogP contribution in [0.2, 0.25) is 0 Å². The number of alkyl halides is 1. The van der Waals surface area contributed by atoms with Gasteiger partial charge in [-0.2, -0.15) is 0 Å². The van der Waals surface area contributed by atoms with E-state index in [1.165, 1.54) is 0 Å². The number of rotatable bonds is 3. The molecule has 0 fully saturated rings. The third kappa shape index (κ3) is 6.81. The molecule has 0 heterocycles. The van der Waals surface area contributed by atoms with Gasteiger partial charge in [-0.3, -0.25) is 4.18 Å². The lowest BCUT2D eigenvalue weighted by Gasteiger charge is -1.85. The van der Waals surface area contributed by atoms with E-state index in [2.05, 4.69) is 31.3 Å². The molecule has 0 aromatic heterocycles. The molecule has 0 aliphatic carbocycles. The number of hydrogen-bond donors (Lipinski definition) is 1. The van der Waals surface area contributed by atoms with Gasteiger partial charge in [-0.25, -0.2) is 4.21 Å². The molecular formula is C2H5BrO2S2. The zero-order chi connectivity index (χ0) is 5.70. The number of hydrogen-bond acceptors (Lipinski definition) is 3. The van der Waals surface area contributed by atoms with Crippen molar-refractivity contribution in [1.82, 2.24) is 0 Å². The Morgan fingerprint density at radius 3 is 2.57 bits per heavy atom. The first-order valence-corrected chi connectivity index (χ1v) is 4.92. The van der Waals surface area contributed by atoms with Crippen LogP contribution >= 0.6 is 15.9 Å². The summed E-state index contributed by atoms with van der Waals surface area (Å²) in [4.78, 5) is 0. The van der Waals surface area contributed by atoms with Crippen molar-refractivity contribution in [3.05, 3.63) is 0 Å². The highest BCUT2D eigenvalue weighted by atomic mass is 79.9. The van der Waals surface area contributed by atoms with Crippen LogP contribution in [0.15, 0.2) is 0 Å². The standard InChI is InChI=1S/C2H5BrO2S2/c3-1-2-5-7(4)6/h7H,1-2H2. The Bertz CT molecular complexity index is 91.9. The van der Waals surface area contributed by atoms with Gasteiger partial charge in [0.05, 0.1) is 6.61 Å². The summed E-state index contributed by atoms with van der Waals surface area (Å²) in [5, 5.41) is 0.685. The third-order valence-corrected chi connectivity index (χ3v) is 1.31. The molecule has 0 aromatic rings. The van der Waals surface area contributed by atoms with Crippen LogP contribution in [0.1, 0.15) is 0 Å². The molecule has 0 amide bonds. The summed E-state index contributed by atoms with van der Waals surface area (Å²) in [6.45, 7) is 0.429. The second-order valence-corrected chi connectivity index (χ2v) is 3.14. The molecule has 1 atom stereocenters. The Kier molecular flexibility index (Phi) is 5.53. The fourth-order valence-corrected chi connectivity index (χ4v) is 0.985.